The van der Waals surface area contributed by atoms with Crippen LogP contribution < -0.4 is 0 Å². The van der Waals surface area contributed by atoms with Gasteiger partial charge in [0, 0.05) is 24.7 Å². The van der Waals surface area contributed by atoms with Gasteiger partial charge in [0.05, 0.1) is 30.3 Å². The van der Waals surface area contributed by atoms with Crippen LogP contribution in [0.5, 0.6) is 0 Å². The third-order valence-corrected chi connectivity index (χ3v) is 11.9. The number of hydrogen-bond donors (Lipinski definition) is 3. The van der Waals surface area contributed by atoms with E-state index < -0.39 is 17.8 Å². The monoisotopic (exact) mass is 518 g/mol. The first-order valence-electron chi connectivity index (χ1n) is 14.4. The summed E-state index contributed by atoms with van der Waals surface area (Å²) in [4.78, 5) is 23.9. The second kappa shape index (κ2) is 9.34. The van der Waals surface area contributed by atoms with Crippen LogP contribution in [-0.4, -0.2) is 57.8 Å². The van der Waals surface area contributed by atoms with Crippen molar-refractivity contribution in [3.8, 4) is 0 Å². The minimum Gasteiger partial charge on any atom is -0.465 e. The highest BCUT2D eigenvalue weighted by atomic mass is 16.5. The predicted octanol–water partition coefficient (Wildman–Crippen LogP) is 3.78. The number of carbonyl (C=O) groups is 2. The van der Waals surface area contributed by atoms with Crippen LogP contribution in [0.3, 0.4) is 0 Å². The fourth-order valence-electron chi connectivity index (χ4n) is 9.69. The van der Waals surface area contributed by atoms with Gasteiger partial charge >= 0.3 is 11.9 Å². The minimum atomic E-state index is -1.25. The van der Waals surface area contributed by atoms with Gasteiger partial charge in [0.2, 0.25) is 0 Å². The number of allylic oxidation sites excluding steroid dienone is 1. The Morgan fingerprint density at radius 1 is 1.27 bits per heavy atom. The topological polar surface area (TPSA) is 113 Å². The summed E-state index contributed by atoms with van der Waals surface area (Å²) in [6, 6.07) is 0. The molecular weight excluding hydrogens is 472 g/mol. The van der Waals surface area contributed by atoms with Crippen molar-refractivity contribution >= 4 is 11.9 Å². The van der Waals surface area contributed by atoms with Crippen LogP contribution in [-0.2, 0) is 19.1 Å². The summed E-state index contributed by atoms with van der Waals surface area (Å²) in [6.45, 7) is 9.96. The second-order valence-electron chi connectivity index (χ2n) is 13.6. The van der Waals surface area contributed by atoms with E-state index in [1.165, 1.54) is 12.5 Å². The van der Waals surface area contributed by atoms with E-state index in [-0.39, 0.29) is 46.6 Å². The lowest BCUT2D eigenvalue weighted by Crippen LogP contribution is -2.58. The number of cyclic esters (lactones) is 1. The summed E-state index contributed by atoms with van der Waals surface area (Å²) in [7, 11) is 0. The lowest BCUT2D eigenvalue weighted by Gasteiger charge is -2.60. The standard InChI is InChI=1S/C30H46O7/c1-16-18(15-36-27(16)34)12-25(33)30(5,35)24-9-8-22-21-7-6-19-13-20(32)14-26(37-17(2)31)29(19,4)23(21)10-11-28(22,24)3/h6,16,18,20-26,32-33,35H,7-15H2,1-5H3/t16-,18-,20-,21+,22+,23+,24+,25-,26+,28+,29+,30-/m1/s1. The van der Waals surface area contributed by atoms with Gasteiger partial charge in [0.25, 0.3) is 0 Å². The number of esters is 2. The average Bonchev–Trinajstić information content (AvgIpc) is 3.34. The minimum absolute atomic E-state index is 0.0371. The predicted molar refractivity (Wildman–Crippen MR) is 137 cm³/mol. The molecule has 37 heavy (non-hydrogen) atoms. The van der Waals surface area contributed by atoms with Crippen LogP contribution in [0.15, 0.2) is 11.6 Å². The zero-order chi connectivity index (χ0) is 26.9. The average molecular weight is 519 g/mol. The lowest BCUT2D eigenvalue weighted by molar-refractivity contribution is -0.174. The third-order valence-electron chi connectivity index (χ3n) is 11.9. The van der Waals surface area contributed by atoms with Crippen LogP contribution in [0.4, 0.5) is 0 Å². The molecule has 1 saturated heterocycles. The molecule has 0 radical (unpaired) electrons. The summed E-state index contributed by atoms with van der Waals surface area (Å²) >= 11 is 0. The van der Waals surface area contributed by atoms with Gasteiger partial charge in [0.1, 0.15) is 6.10 Å². The first kappa shape index (κ1) is 27.1. The van der Waals surface area contributed by atoms with Crippen molar-refractivity contribution in [2.24, 2.45) is 46.3 Å². The molecule has 1 aliphatic heterocycles. The van der Waals surface area contributed by atoms with Crippen LogP contribution in [0.25, 0.3) is 0 Å². The molecule has 12 atom stereocenters. The Morgan fingerprint density at radius 3 is 2.65 bits per heavy atom. The van der Waals surface area contributed by atoms with Crippen molar-refractivity contribution in [1.29, 1.82) is 0 Å². The van der Waals surface area contributed by atoms with Gasteiger partial charge in [-0.05, 0) is 81.0 Å². The normalized spacial score (nSPS) is 47.6. The Bertz CT molecular complexity index is 958. The van der Waals surface area contributed by atoms with Crippen molar-refractivity contribution in [2.45, 2.75) is 110 Å². The molecule has 3 saturated carbocycles. The van der Waals surface area contributed by atoms with E-state index >= 15 is 0 Å². The van der Waals surface area contributed by atoms with Crippen molar-refractivity contribution < 1.29 is 34.4 Å². The van der Waals surface area contributed by atoms with Crippen molar-refractivity contribution in [3.63, 3.8) is 0 Å². The molecule has 0 spiro atoms. The first-order valence-corrected chi connectivity index (χ1v) is 14.4. The number of aliphatic hydroxyl groups is 3. The second-order valence-corrected chi connectivity index (χ2v) is 13.6. The van der Waals surface area contributed by atoms with Crippen LogP contribution in [0, 0.1) is 46.3 Å². The maximum absolute atomic E-state index is 12.0. The summed E-state index contributed by atoms with van der Waals surface area (Å²) in [5.41, 5.74) is -0.398. The molecule has 0 unspecified atom stereocenters. The van der Waals surface area contributed by atoms with Gasteiger partial charge in [-0.15, -0.1) is 0 Å². The Kier molecular flexibility index (Phi) is 6.85. The molecule has 7 heteroatoms. The number of aliphatic hydroxyl groups excluding tert-OH is 2. The highest BCUT2D eigenvalue weighted by Crippen LogP contribution is 2.68. The molecule has 0 amide bonds. The fourth-order valence-corrected chi connectivity index (χ4v) is 9.69. The highest BCUT2D eigenvalue weighted by Gasteiger charge is 2.64. The highest BCUT2D eigenvalue weighted by molar-refractivity contribution is 5.74. The van der Waals surface area contributed by atoms with E-state index in [4.69, 9.17) is 9.47 Å². The van der Waals surface area contributed by atoms with Crippen molar-refractivity contribution in [2.75, 3.05) is 6.61 Å². The van der Waals surface area contributed by atoms with E-state index in [1.807, 2.05) is 6.92 Å². The molecule has 0 aromatic heterocycles. The van der Waals surface area contributed by atoms with Crippen molar-refractivity contribution in [3.05, 3.63) is 11.6 Å². The number of fused-ring (bicyclic) bond motifs is 5. The molecule has 0 bridgehead atoms. The zero-order valence-electron chi connectivity index (χ0n) is 23.1. The molecule has 5 aliphatic rings. The van der Waals surface area contributed by atoms with Crippen LogP contribution in [0.2, 0.25) is 0 Å². The summed E-state index contributed by atoms with van der Waals surface area (Å²) in [5.74, 6) is 0.306. The van der Waals surface area contributed by atoms with Crippen LogP contribution >= 0.6 is 0 Å². The Labute approximate surface area is 221 Å². The van der Waals surface area contributed by atoms with Crippen LogP contribution in [0.1, 0.15) is 86.0 Å². The Morgan fingerprint density at radius 2 is 2.00 bits per heavy atom. The maximum atomic E-state index is 12.0. The Balaban J connectivity index is 1.38. The number of rotatable bonds is 5. The van der Waals surface area contributed by atoms with Gasteiger partial charge in [0.15, 0.2) is 0 Å². The molecule has 5 rings (SSSR count). The quantitative estimate of drug-likeness (QED) is 0.375. The molecule has 1 heterocycles. The molecule has 7 nitrogen and oxygen atoms in total. The molecule has 0 aromatic carbocycles. The van der Waals surface area contributed by atoms with Gasteiger partial charge in [-0.2, -0.15) is 0 Å². The van der Waals surface area contributed by atoms with E-state index in [1.54, 1.807) is 6.92 Å². The van der Waals surface area contributed by atoms with Crippen molar-refractivity contribution in [1.82, 2.24) is 0 Å². The summed E-state index contributed by atoms with van der Waals surface area (Å²) < 4.78 is 11.0. The summed E-state index contributed by atoms with van der Waals surface area (Å²) in [5, 5.41) is 33.6. The molecule has 4 fully saturated rings. The molecular formula is C30H46O7. The molecule has 208 valence electrons. The summed E-state index contributed by atoms with van der Waals surface area (Å²) in [6.07, 6.45) is 6.82. The third kappa shape index (κ3) is 4.19. The smallest absolute Gasteiger partial charge is 0.309 e. The number of ether oxygens (including phenoxy) is 2. The first-order chi connectivity index (χ1) is 17.3. The van der Waals surface area contributed by atoms with Gasteiger partial charge in [-0.25, -0.2) is 0 Å². The Hall–Kier alpha value is -1.44. The van der Waals surface area contributed by atoms with E-state index in [0.29, 0.717) is 43.6 Å². The SMILES string of the molecule is CC(=O)O[C@H]1C[C@H](O)CC2=CC[C@H]3[C@@H]4CC[C@H]([C@@](C)(O)[C@H](O)C[C@@H]5COC(=O)[C@@H]5C)[C@@]4(C)CC[C@@H]3[C@]21C. The molecule has 4 aliphatic carbocycles. The van der Waals surface area contributed by atoms with E-state index in [0.717, 1.165) is 32.1 Å². The maximum Gasteiger partial charge on any atom is 0.309 e. The number of carbonyl (C=O) groups excluding carboxylic acids is 2. The number of hydrogen-bond acceptors (Lipinski definition) is 7. The van der Waals surface area contributed by atoms with E-state index in [9.17, 15) is 24.9 Å². The van der Waals surface area contributed by atoms with Gasteiger partial charge < -0.3 is 24.8 Å². The largest absolute Gasteiger partial charge is 0.465 e. The van der Waals surface area contributed by atoms with Gasteiger partial charge in [-0.3, -0.25) is 9.59 Å². The van der Waals surface area contributed by atoms with Gasteiger partial charge in [-0.1, -0.05) is 32.4 Å². The molecule has 0 aromatic rings. The lowest BCUT2D eigenvalue weighted by atomic mass is 9.46. The zero-order valence-corrected chi connectivity index (χ0v) is 23.1. The fraction of sp³-hybridized carbons (Fsp3) is 0.867. The molecule has 3 N–H and O–H groups in total. The van der Waals surface area contributed by atoms with E-state index in [2.05, 4.69) is 19.9 Å².